The predicted octanol–water partition coefficient (Wildman–Crippen LogP) is 2.22. The van der Waals surface area contributed by atoms with Gasteiger partial charge in [-0.25, -0.2) is 0 Å². The van der Waals surface area contributed by atoms with Gasteiger partial charge in [0.25, 0.3) is 5.56 Å². The molecule has 3 heteroatoms. The Labute approximate surface area is 99.9 Å². The molecule has 0 unspecified atom stereocenters. The lowest BCUT2D eigenvalue weighted by Gasteiger charge is -2.10. The number of hydrogen-bond acceptors (Lipinski definition) is 2. The van der Waals surface area contributed by atoms with E-state index in [1.54, 1.807) is 11.6 Å². The minimum Gasteiger partial charge on any atom is -0.311 e. The Morgan fingerprint density at radius 1 is 1.29 bits per heavy atom. The molecule has 1 heterocycles. The van der Waals surface area contributed by atoms with Crippen molar-refractivity contribution in [1.82, 2.24) is 4.57 Å². The Morgan fingerprint density at radius 2 is 2.00 bits per heavy atom. The summed E-state index contributed by atoms with van der Waals surface area (Å²) in [4.78, 5) is 12.0. The van der Waals surface area contributed by atoms with Gasteiger partial charge in [0.05, 0.1) is 18.0 Å². The van der Waals surface area contributed by atoms with E-state index in [9.17, 15) is 4.79 Å². The number of aryl methyl sites for hydroxylation is 3. The molecule has 0 saturated carbocycles. The van der Waals surface area contributed by atoms with E-state index in [1.807, 2.05) is 32.0 Å². The van der Waals surface area contributed by atoms with Crippen LogP contribution in [-0.2, 0) is 13.5 Å². The van der Waals surface area contributed by atoms with Crippen molar-refractivity contribution in [1.29, 1.82) is 5.26 Å². The van der Waals surface area contributed by atoms with Gasteiger partial charge >= 0.3 is 0 Å². The molecule has 0 saturated heterocycles. The number of fused-ring (bicyclic) bond motifs is 1. The standard InChI is InChI=1S/C14H14N2O/c1-9-6-10(2)13-12(7-9)8-11(4-5-15)14(17)16(13)3/h6-8H,4H2,1-3H3. The SMILES string of the molecule is Cc1cc(C)c2c(c1)cc(CC#N)c(=O)n2C. The summed E-state index contributed by atoms with van der Waals surface area (Å²) in [5.41, 5.74) is 3.68. The van der Waals surface area contributed by atoms with Gasteiger partial charge in [-0.3, -0.25) is 4.79 Å². The molecule has 0 atom stereocenters. The monoisotopic (exact) mass is 226 g/mol. The molecule has 2 rings (SSSR count). The van der Waals surface area contributed by atoms with Gasteiger partial charge in [-0.05, 0) is 36.9 Å². The van der Waals surface area contributed by atoms with Crippen LogP contribution >= 0.6 is 0 Å². The molecule has 0 bridgehead atoms. The van der Waals surface area contributed by atoms with Crippen LogP contribution in [0.2, 0.25) is 0 Å². The Hall–Kier alpha value is -2.08. The highest BCUT2D eigenvalue weighted by molar-refractivity contribution is 5.83. The highest BCUT2D eigenvalue weighted by atomic mass is 16.1. The fourth-order valence-corrected chi connectivity index (χ4v) is 2.34. The zero-order chi connectivity index (χ0) is 12.6. The second-order valence-electron chi connectivity index (χ2n) is 4.39. The predicted molar refractivity (Wildman–Crippen MR) is 68.0 cm³/mol. The van der Waals surface area contributed by atoms with Crippen LogP contribution in [0.1, 0.15) is 16.7 Å². The molecular weight excluding hydrogens is 212 g/mol. The van der Waals surface area contributed by atoms with Crippen LogP contribution in [0.5, 0.6) is 0 Å². The highest BCUT2D eigenvalue weighted by Gasteiger charge is 2.08. The van der Waals surface area contributed by atoms with Gasteiger partial charge in [0.15, 0.2) is 0 Å². The van der Waals surface area contributed by atoms with E-state index in [1.165, 1.54) is 0 Å². The topological polar surface area (TPSA) is 45.8 Å². The summed E-state index contributed by atoms with van der Waals surface area (Å²) in [5.74, 6) is 0. The Balaban J connectivity index is 2.92. The fraction of sp³-hybridized carbons (Fsp3) is 0.286. The summed E-state index contributed by atoms with van der Waals surface area (Å²) in [6.45, 7) is 4.03. The van der Waals surface area contributed by atoms with Crippen molar-refractivity contribution in [2.24, 2.45) is 7.05 Å². The average molecular weight is 226 g/mol. The number of nitriles is 1. The van der Waals surface area contributed by atoms with E-state index in [-0.39, 0.29) is 12.0 Å². The van der Waals surface area contributed by atoms with Crippen LogP contribution in [0, 0.1) is 25.2 Å². The van der Waals surface area contributed by atoms with Gasteiger partial charge in [-0.1, -0.05) is 11.6 Å². The molecule has 0 aliphatic rings. The molecular formula is C14H14N2O. The van der Waals surface area contributed by atoms with E-state index in [0.29, 0.717) is 5.56 Å². The summed E-state index contributed by atoms with van der Waals surface area (Å²) in [7, 11) is 1.76. The summed E-state index contributed by atoms with van der Waals surface area (Å²) < 4.78 is 1.64. The van der Waals surface area contributed by atoms with Crippen molar-refractivity contribution in [2.75, 3.05) is 0 Å². The van der Waals surface area contributed by atoms with Crippen LogP contribution < -0.4 is 5.56 Å². The lowest BCUT2D eigenvalue weighted by molar-refractivity contribution is 0.882. The van der Waals surface area contributed by atoms with Crippen molar-refractivity contribution in [3.8, 4) is 6.07 Å². The first kappa shape index (κ1) is 11.4. The lowest BCUT2D eigenvalue weighted by atomic mass is 10.0. The summed E-state index contributed by atoms with van der Waals surface area (Å²) in [5, 5.41) is 9.74. The highest BCUT2D eigenvalue weighted by Crippen LogP contribution is 2.19. The molecule has 1 aromatic carbocycles. The third-order valence-electron chi connectivity index (χ3n) is 2.99. The second kappa shape index (κ2) is 4.06. The summed E-state index contributed by atoms with van der Waals surface area (Å²) in [6.07, 6.45) is 0.162. The van der Waals surface area contributed by atoms with Crippen molar-refractivity contribution in [3.63, 3.8) is 0 Å². The third kappa shape index (κ3) is 1.83. The zero-order valence-corrected chi connectivity index (χ0v) is 10.2. The Morgan fingerprint density at radius 3 is 2.65 bits per heavy atom. The fourth-order valence-electron chi connectivity index (χ4n) is 2.34. The third-order valence-corrected chi connectivity index (χ3v) is 2.99. The van der Waals surface area contributed by atoms with Crippen molar-refractivity contribution in [2.45, 2.75) is 20.3 Å². The van der Waals surface area contributed by atoms with Crippen LogP contribution in [0.3, 0.4) is 0 Å². The largest absolute Gasteiger partial charge is 0.311 e. The van der Waals surface area contributed by atoms with Gasteiger partial charge in [0.1, 0.15) is 0 Å². The number of rotatable bonds is 1. The van der Waals surface area contributed by atoms with Gasteiger partial charge < -0.3 is 4.57 Å². The normalized spacial score (nSPS) is 10.5. The first-order valence-corrected chi connectivity index (χ1v) is 5.51. The molecule has 86 valence electrons. The average Bonchev–Trinajstić information content (AvgIpc) is 2.24. The smallest absolute Gasteiger partial charge is 0.255 e. The molecule has 17 heavy (non-hydrogen) atoms. The lowest BCUT2D eigenvalue weighted by Crippen LogP contribution is -2.21. The molecule has 0 radical (unpaired) electrons. The molecule has 0 N–H and O–H groups in total. The van der Waals surface area contributed by atoms with E-state index in [2.05, 4.69) is 6.07 Å². The molecule has 0 fully saturated rings. The quantitative estimate of drug-likeness (QED) is 0.748. The van der Waals surface area contributed by atoms with E-state index < -0.39 is 0 Å². The van der Waals surface area contributed by atoms with Gasteiger partial charge in [-0.15, -0.1) is 0 Å². The minimum absolute atomic E-state index is 0.0778. The maximum atomic E-state index is 12.0. The Bertz CT molecular complexity index is 690. The van der Waals surface area contributed by atoms with Crippen LogP contribution in [0.4, 0.5) is 0 Å². The maximum absolute atomic E-state index is 12.0. The number of aromatic nitrogens is 1. The Kier molecular flexibility index (Phi) is 2.72. The summed E-state index contributed by atoms with van der Waals surface area (Å²) in [6, 6.07) is 7.97. The van der Waals surface area contributed by atoms with Crippen LogP contribution in [-0.4, -0.2) is 4.57 Å². The molecule has 1 aromatic heterocycles. The molecule has 0 aliphatic heterocycles. The van der Waals surface area contributed by atoms with Gasteiger partial charge in [0.2, 0.25) is 0 Å². The summed E-state index contributed by atoms with van der Waals surface area (Å²) >= 11 is 0. The molecule has 0 spiro atoms. The number of benzene rings is 1. The number of pyridine rings is 1. The molecule has 0 aliphatic carbocycles. The van der Waals surface area contributed by atoms with Crippen molar-refractivity contribution < 1.29 is 0 Å². The molecule has 3 nitrogen and oxygen atoms in total. The molecule has 2 aromatic rings. The molecule has 0 amide bonds. The minimum atomic E-state index is -0.0778. The first-order valence-electron chi connectivity index (χ1n) is 5.51. The van der Waals surface area contributed by atoms with E-state index in [0.717, 1.165) is 22.0 Å². The van der Waals surface area contributed by atoms with Crippen molar-refractivity contribution >= 4 is 10.9 Å². The van der Waals surface area contributed by atoms with Crippen LogP contribution in [0.25, 0.3) is 10.9 Å². The van der Waals surface area contributed by atoms with Crippen LogP contribution in [0.15, 0.2) is 23.0 Å². The maximum Gasteiger partial charge on any atom is 0.255 e. The second-order valence-corrected chi connectivity index (χ2v) is 4.39. The van der Waals surface area contributed by atoms with E-state index >= 15 is 0 Å². The van der Waals surface area contributed by atoms with E-state index in [4.69, 9.17) is 5.26 Å². The van der Waals surface area contributed by atoms with Gasteiger partial charge in [-0.2, -0.15) is 5.26 Å². The number of hydrogen-bond donors (Lipinski definition) is 0. The first-order chi connectivity index (χ1) is 8.04. The zero-order valence-electron chi connectivity index (χ0n) is 10.2. The van der Waals surface area contributed by atoms with Gasteiger partial charge in [0, 0.05) is 12.6 Å². The van der Waals surface area contributed by atoms with Crippen molar-refractivity contribution in [3.05, 3.63) is 45.2 Å². The number of nitrogens with zero attached hydrogens (tertiary/aromatic N) is 2.